The molecular formula is C32H38N2O8S2. The van der Waals surface area contributed by atoms with Crippen molar-refractivity contribution in [3.05, 3.63) is 34.1 Å². The van der Waals surface area contributed by atoms with E-state index in [1.807, 2.05) is 6.07 Å². The van der Waals surface area contributed by atoms with Crippen molar-refractivity contribution in [2.75, 3.05) is 19.8 Å². The van der Waals surface area contributed by atoms with Crippen LogP contribution in [0.3, 0.4) is 0 Å². The molecule has 10 nitrogen and oxygen atoms in total. The number of rotatable bonds is 10. The van der Waals surface area contributed by atoms with E-state index in [2.05, 4.69) is 18.8 Å². The minimum Gasteiger partial charge on any atom is -0.460 e. The van der Waals surface area contributed by atoms with Crippen LogP contribution in [-0.2, 0) is 23.9 Å². The van der Waals surface area contributed by atoms with Crippen molar-refractivity contribution in [3.8, 4) is 17.6 Å². The number of benzene rings is 1. The fourth-order valence-corrected chi connectivity index (χ4v) is 8.45. The van der Waals surface area contributed by atoms with Crippen molar-refractivity contribution < 1.29 is 38.5 Å². The second-order valence-electron chi connectivity index (χ2n) is 11.5. The van der Waals surface area contributed by atoms with E-state index < -0.39 is 24.5 Å². The molecule has 2 saturated carbocycles. The zero-order chi connectivity index (χ0) is 31.8. The number of carbonyl (C=O) groups excluding carboxylic acids is 4. The summed E-state index contributed by atoms with van der Waals surface area (Å²) in [5.41, 5.74) is -0.307. The van der Waals surface area contributed by atoms with Crippen LogP contribution in [-0.4, -0.2) is 48.7 Å². The molecule has 0 atom stereocenters. The van der Waals surface area contributed by atoms with Crippen LogP contribution in [0.2, 0.25) is 0 Å². The minimum absolute atomic E-state index is 0.0757. The molecule has 1 aliphatic heterocycles. The van der Waals surface area contributed by atoms with Crippen LogP contribution in [0.25, 0.3) is 0 Å². The number of aliphatic hydroxyl groups excluding tert-OH is 1. The van der Waals surface area contributed by atoms with Crippen molar-refractivity contribution in [1.82, 2.24) is 5.32 Å². The Morgan fingerprint density at radius 2 is 1.55 bits per heavy atom. The predicted octanol–water partition coefficient (Wildman–Crippen LogP) is 5.29. The maximum atomic E-state index is 13.3. The number of thioether (sulfide) groups is 2. The van der Waals surface area contributed by atoms with E-state index in [1.54, 1.807) is 12.1 Å². The summed E-state index contributed by atoms with van der Waals surface area (Å²) in [6.07, 6.45) is 8.77. The quantitative estimate of drug-likeness (QED) is 0.113. The van der Waals surface area contributed by atoms with E-state index in [-0.39, 0.29) is 47.7 Å². The molecule has 2 fully saturated rings. The molecular weight excluding hydrogens is 604 g/mol. The number of ether oxygens (including phenoxy) is 3. The Hall–Kier alpha value is -3.27. The van der Waals surface area contributed by atoms with Gasteiger partial charge in [0.1, 0.15) is 29.7 Å². The van der Waals surface area contributed by atoms with Gasteiger partial charge in [-0.25, -0.2) is 4.79 Å². The highest BCUT2D eigenvalue weighted by Crippen LogP contribution is 2.59. The standard InChI is InChI=1S/C32H38N2O8S2/c1-18-4-6-21(7-5-18)22-8-10-23(11-9-22)31(39)42-26-13-12-25(41-20(3)36)27-28(26)44-32(43-27)24(16-33)29(37)34-14-15-40-30(38)19(2)17-35/h12-13,18,21-23,35H,2,4-11,14-15,17H2,1,3H3,(H,34,37)/b32-24-. The number of aliphatic hydroxyl groups is 1. The van der Waals surface area contributed by atoms with Gasteiger partial charge in [-0.2, -0.15) is 5.26 Å². The van der Waals surface area contributed by atoms with Crippen LogP contribution in [0.15, 0.2) is 43.9 Å². The normalized spacial score (nSPS) is 23.9. The van der Waals surface area contributed by atoms with Crippen LogP contribution in [0.5, 0.6) is 11.5 Å². The number of nitrogens with one attached hydrogen (secondary N) is 1. The van der Waals surface area contributed by atoms with Gasteiger partial charge in [0.15, 0.2) is 0 Å². The van der Waals surface area contributed by atoms with Gasteiger partial charge in [0.05, 0.1) is 38.7 Å². The molecule has 0 spiro atoms. The van der Waals surface area contributed by atoms with Gasteiger partial charge in [-0.15, -0.1) is 0 Å². The Morgan fingerprint density at radius 3 is 2.09 bits per heavy atom. The fourth-order valence-electron chi connectivity index (χ4n) is 5.87. The lowest BCUT2D eigenvalue weighted by atomic mass is 9.69. The first kappa shape index (κ1) is 33.6. The largest absolute Gasteiger partial charge is 0.460 e. The first-order valence-corrected chi connectivity index (χ1v) is 16.6. The minimum atomic E-state index is -0.787. The number of fused-ring (bicyclic) bond motifs is 1. The van der Waals surface area contributed by atoms with Crippen molar-refractivity contribution in [2.45, 2.75) is 75.0 Å². The lowest BCUT2D eigenvalue weighted by Crippen LogP contribution is -2.30. The number of amides is 1. The molecule has 2 aliphatic carbocycles. The molecule has 236 valence electrons. The first-order valence-electron chi connectivity index (χ1n) is 14.9. The first-order chi connectivity index (χ1) is 21.1. The van der Waals surface area contributed by atoms with Gasteiger partial charge in [-0.3, -0.25) is 14.4 Å². The van der Waals surface area contributed by atoms with E-state index >= 15 is 0 Å². The molecule has 1 aromatic rings. The molecule has 0 radical (unpaired) electrons. The average Bonchev–Trinajstić information content (AvgIpc) is 3.46. The van der Waals surface area contributed by atoms with Crippen molar-refractivity contribution in [3.63, 3.8) is 0 Å². The number of esters is 3. The summed E-state index contributed by atoms with van der Waals surface area (Å²) in [4.78, 5) is 50.5. The molecule has 3 aliphatic rings. The molecule has 0 aromatic heterocycles. The van der Waals surface area contributed by atoms with Gasteiger partial charge in [0, 0.05) is 6.92 Å². The zero-order valence-corrected chi connectivity index (χ0v) is 26.7. The highest BCUT2D eigenvalue weighted by molar-refractivity contribution is 8.24. The predicted molar refractivity (Wildman–Crippen MR) is 165 cm³/mol. The molecule has 0 bridgehead atoms. The Kier molecular flexibility index (Phi) is 11.9. The van der Waals surface area contributed by atoms with E-state index in [1.165, 1.54) is 32.6 Å². The van der Waals surface area contributed by atoms with E-state index in [9.17, 15) is 24.4 Å². The third kappa shape index (κ3) is 8.46. The Morgan fingerprint density at radius 1 is 0.977 bits per heavy atom. The monoisotopic (exact) mass is 642 g/mol. The van der Waals surface area contributed by atoms with Crippen LogP contribution < -0.4 is 14.8 Å². The Balaban J connectivity index is 1.42. The molecule has 1 heterocycles. The molecule has 0 unspecified atom stereocenters. The Bertz CT molecular complexity index is 1370. The fraction of sp³-hybridized carbons (Fsp3) is 0.531. The van der Waals surface area contributed by atoms with E-state index in [4.69, 9.17) is 19.3 Å². The SMILES string of the molecule is C=C(CO)C(=O)OCCNC(=O)/C(C#N)=C1/Sc2c(OC(C)=O)ccc(OC(=O)C3CCC(C4CCC(C)CC4)CC3)c2S1. The van der Waals surface area contributed by atoms with Gasteiger partial charge >= 0.3 is 17.9 Å². The highest BCUT2D eigenvalue weighted by atomic mass is 32.2. The summed E-state index contributed by atoms with van der Waals surface area (Å²) in [6, 6.07) is 5.03. The number of hydrogen-bond donors (Lipinski definition) is 2. The van der Waals surface area contributed by atoms with Gasteiger partial charge in [-0.1, -0.05) is 49.9 Å². The van der Waals surface area contributed by atoms with Crippen LogP contribution in [0.4, 0.5) is 0 Å². The maximum absolute atomic E-state index is 13.3. The molecule has 1 amide bonds. The van der Waals surface area contributed by atoms with Gasteiger partial charge in [0.2, 0.25) is 0 Å². The van der Waals surface area contributed by atoms with Gasteiger partial charge in [-0.05, 0) is 68.4 Å². The molecule has 1 aromatic carbocycles. The summed E-state index contributed by atoms with van der Waals surface area (Å²) >= 11 is 2.17. The average molecular weight is 643 g/mol. The van der Waals surface area contributed by atoms with Crippen molar-refractivity contribution in [2.24, 2.45) is 23.7 Å². The second kappa shape index (κ2) is 15.6. The summed E-state index contributed by atoms with van der Waals surface area (Å²) in [7, 11) is 0. The molecule has 2 N–H and O–H groups in total. The number of nitriles is 1. The van der Waals surface area contributed by atoms with Crippen molar-refractivity contribution >= 4 is 47.3 Å². The third-order valence-corrected chi connectivity index (χ3v) is 11.0. The van der Waals surface area contributed by atoms with Gasteiger partial charge < -0.3 is 24.6 Å². The highest BCUT2D eigenvalue weighted by Gasteiger charge is 2.35. The number of carbonyl (C=O) groups is 4. The number of nitrogens with zero attached hydrogens (tertiary/aromatic N) is 1. The topological polar surface area (TPSA) is 152 Å². The summed E-state index contributed by atoms with van der Waals surface area (Å²) < 4.78 is 16.5. The second-order valence-corrected chi connectivity index (χ2v) is 13.8. The van der Waals surface area contributed by atoms with Crippen molar-refractivity contribution in [1.29, 1.82) is 5.26 Å². The van der Waals surface area contributed by atoms with E-state index in [0.717, 1.165) is 61.0 Å². The van der Waals surface area contributed by atoms with E-state index in [0.29, 0.717) is 19.9 Å². The molecule has 12 heteroatoms. The summed E-state index contributed by atoms with van der Waals surface area (Å²) in [5, 5.41) is 21.3. The third-order valence-electron chi connectivity index (χ3n) is 8.37. The van der Waals surface area contributed by atoms with Crippen LogP contribution in [0, 0.1) is 35.0 Å². The number of hydrogen-bond acceptors (Lipinski definition) is 11. The Labute approximate surface area is 265 Å². The maximum Gasteiger partial charge on any atom is 0.335 e. The zero-order valence-electron chi connectivity index (χ0n) is 25.0. The summed E-state index contributed by atoms with van der Waals surface area (Å²) in [5.74, 6) is 0.231. The molecule has 0 saturated heterocycles. The smallest absolute Gasteiger partial charge is 0.335 e. The van der Waals surface area contributed by atoms with Crippen LogP contribution >= 0.6 is 23.5 Å². The summed E-state index contributed by atoms with van der Waals surface area (Å²) in [6.45, 7) is 6.16. The molecule has 4 rings (SSSR count). The lowest BCUT2D eigenvalue weighted by molar-refractivity contribution is -0.141. The van der Waals surface area contributed by atoms with Crippen LogP contribution in [0.1, 0.15) is 65.2 Å². The van der Waals surface area contributed by atoms with Gasteiger partial charge in [0.25, 0.3) is 5.91 Å². The lowest BCUT2D eigenvalue weighted by Gasteiger charge is -2.36. The molecule has 44 heavy (non-hydrogen) atoms.